The minimum absolute atomic E-state index is 0.228. The van der Waals surface area contributed by atoms with E-state index in [-0.39, 0.29) is 5.88 Å². The van der Waals surface area contributed by atoms with Crippen LogP contribution in [0.2, 0.25) is 0 Å². The van der Waals surface area contributed by atoms with Gasteiger partial charge in [0.1, 0.15) is 23.5 Å². The Bertz CT molecular complexity index is 854. The minimum Gasteiger partial charge on any atom is -0.496 e. The van der Waals surface area contributed by atoms with Gasteiger partial charge in [-0.05, 0) is 38.1 Å². The number of pyridine rings is 1. The fraction of sp³-hybridized carbons (Fsp3) is 0.300. The fourth-order valence-electron chi connectivity index (χ4n) is 2.68. The van der Waals surface area contributed by atoms with Gasteiger partial charge in [0.2, 0.25) is 5.88 Å². The van der Waals surface area contributed by atoms with Crippen LogP contribution in [0, 0.1) is 11.3 Å². The van der Waals surface area contributed by atoms with E-state index < -0.39 is 12.2 Å². The first-order valence-corrected chi connectivity index (χ1v) is 8.13. The van der Waals surface area contributed by atoms with Crippen LogP contribution in [0.15, 0.2) is 30.3 Å². The topological polar surface area (TPSA) is 95.6 Å². The van der Waals surface area contributed by atoms with Crippen LogP contribution >= 0.6 is 0 Å². The summed E-state index contributed by atoms with van der Waals surface area (Å²) in [4.78, 5) is 4.38. The van der Waals surface area contributed by atoms with Crippen molar-refractivity contribution in [2.75, 3.05) is 14.2 Å². The standard InChI is InChI=1S/C20H22N2O4/c1-5-6-13-9-15(10-16(19(13)25-3)18(24)12(2)23)17-8-7-14(11-21)20(22-17)26-4/h5-10,12,18,23-24H,1-4H3. The Balaban J connectivity index is 2.71. The molecule has 0 saturated heterocycles. The van der Waals surface area contributed by atoms with E-state index in [1.165, 1.54) is 21.1 Å². The summed E-state index contributed by atoms with van der Waals surface area (Å²) in [5, 5.41) is 29.4. The lowest BCUT2D eigenvalue weighted by molar-refractivity contribution is 0.0290. The van der Waals surface area contributed by atoms with Gasteiger partial charge in [0.05, 0.1) is 26.0 Å². The lowest BCUT2D eigenvalue weighted by atomic mass is 9.95. The third-order valence-corrected chi connectivity index (χ3v) is 3.94. The summed E-state index contributed by atoms with van der Waals surface area (Å²) in [5.41, 5.74) is 2.82. The number of nitrogens with zero attached hydrogens (tertiary/aromatic N) is 2. The van der Waals surface area contributed by atoms with E-state index in [9.17, 15) is 10.2 Å². The van der Waals surface area contributed by atoms with Gasteiger partial charge in [-0.25, -0.2) is 4.98 Å². The normalized spacial score (nSPS) is 13.3. The van der Waals surface area contributed by atoms with Crippen LogP contribution in [-0.4, -0.2) is 35.5 Å². The van der Waals surface area contributed by atoms with Gasteiger partial charge in [-0.15, -0.1) is 0 Å². The maximum absolute atomic E-state index is 10.4. The summed E-state index contributed by atoms with van der Waals surface area (Å²) in [6, 6.07) is 8.95. The van der Waals surface area contributed by atoms with Crippen LogP contribution < -0.4 is 9.47 Å². The highest BCUT2D eigenvalue weighted by atomic mass is 16.5. The Morgan fingerprint density at radius 3 is 2.46 bits per heavy atom. The summed E-state index contributed by atoms with van der Waals surface area (Å²) < 4.78 is 10.6. The zero-order valence-electron chi connectivity index (χ0n) is 15.2. The molecule has 26 heavy (non-hydrogen) atoms. The van der Waals surface area contributed by atoms with E-state index in [1.54, 1.807) is 18.2 Å². The SMILES string of the molecule is CC=Cc1cc(-c2ccc(C#N)c(OC)n2)cc(C(O)C(C)O)c1OC. The molecule has 0 bridgehead atoms. The monoisotopic (exact) mass is 354 g/mol. The Labute approximate surface area is 153 Å². The van der Waals surface area contributed by atoms with Crippen LogP contribution in [0.3, 0.4) is 0 Å². The smallest absolute Gasteiger partial charge is 0.231 e. The second-order valence-electron chi connectivity index (χ2n) is 5.74. The number of methoxy groups -OCH3 is 2. The van der Waals surface area contributed by atoms with Gasteiger partial charge >= 0.3 is 0 Å². The number of rotatable bonds is 6. The van der Waals surface area contributed by atoms with E-state index >= 15 is 0 Å². The van der Waals surface area contributed by atoms with Gasteiger partial charge in [-0.3, -0.25) is 0 Å². The molecule has 1 heterocycles. The van der Waals surface area contributed by atoms with Gasteiger partial charge in [-0.1, -0.05) is 12.2 Å². The third-order valence-electron chi connectivity index (χ3n) is 3.94. The molecule has 0 saturated carbocycles. The van der Waals surface area contributed by atoms with Crippen molar-refractivity contribution >= 4 is 6.08 Å². The first-order chi connectivity index (χ1) is 12.5. The Morgan fingerprint density at radius 2 is 1.92 bits per heavy atom. The van der Waals surface area contributed by atoms with Crippen molar-refractivity contribution in [1.82, 2.24) is 4.98 Å². The molecule has 0 aliphatic heterocycles. The summed E-state index contributed by atoms with van der Waals surface area (Å²) in [5.74, 6) is 0.715. The minimum atomic E-state index is -1.12. The molecule has 2 unspecified atom stereocenters. The molecule has 0 amide bonds. The number of hydrogen-bond donors (Lipinski definition) is 2. The van der Waals surface area contributed by atoms with E-state index in [1.807, 2.05) is 31.2 Å². The number of aromatic nitrogens is 1. The van der Waals surface area contributed by atoms with Crippen LogP contribution in [0.25, 0.3) is 17.3 Å². The van der Waals surface area contributed by atoms with Crippen molar-refractivity contribution in [3.63, 3.8) is 0 Å². The fourth-order valence-corrected chi connectivity index (χ4v) is 2.68. The summed E-state index contributed by atoms with van der Waals surface area (Å²) in [7, 11) is 2.97. The number of ether oxygens (including phenoxy) is 2. The van der Waals surface area contributed by atoms with Crippen molar-refractivity contribution in [2.45, 2.75) is 26.1 Å². The van der Waals surface area contributed by atoms with Gasteiger partial charge in [-0.2, -0.15) is 5.26 Å². The number of aliphatic hydroxyl groups is 2. The average molecular weight is 354 g/mol. The third kappa shape index (κ3) is 3.85. The summed E-state index contributed by atoms with van der Waals surface area (Å²) in [6.07, 6.45) is 1.62. The molecular weight excluding hydrogens is 332 g/mol. The molecule has 136 valence electrons. The lowest BCUT2D eigenvalue weighted by Crippen LogP contribution is -2.15. The van der Waals surface area contributed by atoms with Crippen LogP contribution in [0.4, 0.5) is 0 Å². The lowest BCUT2D eigenvalue weighted by Gasteiger charge is -2.20. The number of hydrogen-bond acceptors (Lipinski definition) is 6. The molecule has 0 aliphatic carbocycles. The first-order valence-electron chi connectivity index (χ1n) is 8.13. The highest BCUT2D eigenvalue weighted by Gasteiger charge is 2.22. The zero-order valence-corrected chi connectivity index (χ0v) is 15.2. The largest absolute Gasteiger partial charge is 0.496 e. The average Bonchev–Trinajstić information content (AvgIpc) is 2.66. The van der Waals surface area contributed by atoms with Gasteiger partial charge in [0.15, 0.2) is 0 Å². The number of nitriles is 1. The molecule has 0 aliphatic rings. The second kappa shape index (κ2) is 8.48. The van der Waals surface area contributed by atoms with E-state index in [0.29, 0.717) is 28.1 Å². The molecule has 2 N–H and O–H groups in total. The molecule has 2 aromatic rings. The molecule has 2 rings (SSSR count). The van der Waals surface area contributed by atoms with Crippen molar-refractivity contribution in [1.29, 1.82) is 5.26 Å². The van der Waals surface area contributed by atoms with Crippen molar-refractivity contribution in [2.24, 2.45) is 0 Å². The molecule has 0 spiro atoms. The molecule has 1 aromatic heterocycles. The number of allylic oxidation sites excluding steroid dienone is 1. The molecule has 2 atom stereocenters. The Kier molecular flexibility index (Phi) is 6.34. The predicted molar refractivity (Wildman–Crippen MR) is 98.8 cm³/mol. The van der Waals surface area contributed by atoms with E-state index in [4.69, 9.17) is 14.7 Å². The first kappa shape index (κ1) is 19.4. The van der Waals surface area contributed by atoms with Crippen LogP contribution in [0.1, 0.15) is 36.6 Å². The summed E-state index contributed by atoms with van der Waals surface area (Å²) in [6.45, 7) is 3.38. The van der Waals surface area contributed by atoms with Crippen molar-refractivity contribution in [3.8, 4) is 29.0 Å². The maximum Gasteiger partial charge on any atom is 0.231 e. The maximum atomic E-state index is 10.4. The second-order valence-corrected chi connectivity index (χ2v) is 5.74. The quantitative estimate of drug-likeness (QED) is 0.828. The van der Waals surface area contributed by atoms with E-state index in [0.717, 1.165) is 5.56 Å². The molecular formula is C20H22N2O4. The van der Waals surface area contributed by atoms with Crippen molar-refractivity contribution < 1.29 is 19.7 Å². The molecule has 0 radical (unpaired) electrons. The van der Waals surface area contributed by atoms with Crippen molar-refractivity contribution in [3.05, 3.63) is 47.0 Å². The molecule has 0 fully saturated rings. The number of aliphatic hydroxyl groups excluding tert-OH is 2. The Morgan fingerprint density at radius 1 is 1.19 bits per heavy atom. The zero-order chi connectivity index (χ0) is 19.3. The molecule has 1 aromatic carbocycles. The van der Waals surface area contributed by atoms with Gasteiger partial charge in [0, 0.05) is 16.7 Å². The number of benzene rings is 1. The highest BCUT2D eigenvalue weighted by molar-refractivity contribution is 5.71. The predicted octanol–water partition coefficient (Wildman–Crippen LogP) is 3.08. The molecule has 6 nitrogen and oxygen atoms in total. The van der Waals surface area contributed by atoms with Gasteiger partial charge in [0.25, 0.3) is 0 Å². The van der Waals surface area contributed by atoms with Crippen LogP contribution in [-0.2, 0) is 0 Å². The van der Waals surface area contributed by atoms with Crippen LogP contribution in [0.5, 0.6) is 11.6 Å². The summed E-state index contributed by atoms with van der Waals surface area (Å²) >= 11 is 0. The van der Waals surface area contributed by atoms with Gasteiger partial charge < -0.3 is 19.7 Å². The highest BCUT2D eigenvalue weighted by Crippen LogP contribution is 2.36. The Hall–Kier alpha value is -2.88. The molecule has 6 heteroatoms. The van der Waals surface area contributed by atoms with E-state index in [2.05, 4.69) is 4.98 Å².